The van der Waals surface area contributed by atoms with Crippen molar-refractivity contribution in [3.8, 4) is 0 Å². The number of aryl methyl sites for hydroxylation is 1. The molecule has 3 rings (SSSR count). The van der Waals surface area contributed by atoms with Crippen molar-refractivity contribution in [3.63, 3.8) is 0 Å². The van der Waals surface area contributed by atoms with Crippen LogP contribution in [0.4, 0.5) is 0 Å². The number of amides is 1. The normalized spacial score (nSPS) is 17.2. The van der Waals surface area contributed by atoms with Gasteiger partial charge in [-0.3, -0.25) is 9.69 Å². The van der Waals surface area contributed by atoms with Crippen molar-refractivity contribution >= 4 is 5.91 Å². The number of piperidine rings is 1. The third-order valence-electron chi connectivity index (χ3n) is 5.11. The van der Waals surface area contributed by atoms with Gasteiger partial charge >= 0.3 is 0 Å². The summed E-state index contributed by atoms with van der Waals surface area (Å²) in [6.07, 6.45) is 1.89. The van der Waals surface area contributed by atoms with Gasteiger partial charge in [-0.05, 0) is 50.9 Å². The molecular weight excluding hydrogens is 308 g/mol. The topological polar surface area (TPSA) is 32.3 Å². The average molecular weight is 336 g/mol. The van der Waals surface area contributed by atoms with E-state index in [0.717, 1.165) is 38.0 Å². The highest BCUT2D eigenvalue weighted by molar-refractivity contribution is 5.79. The number of nitrogens with zero attached hydrogens (tertiary/aromatic N) is 1. The first-order valence-electron chi connectivity index (χ1n) is 9.25. The van der Waals surface area contributed by atoms with Crippen molar-refractivity contribution in [1.29, 1.82) is 0 Å². The van der Waals surface area contributed by atoms with Gasteiger partial charge in [0, 0.05) is 12.5 Å². The minimum Gasteiger partial charge on any atom is -0.349 e. The summed E-state index contributed by atoms with van der Waals surface area (Å²) >= 11 is 0. The van der Waals surface area contributed by atoms with Crippen molar-refractivity contribution in [2.24, 2.45) is 5.92 Å². The molecule has 0 spiro atoms. The molecule has 0 radical (unpaired) electrons. The Balaban J connectivity index is 1.47. The molecule has 0 aliphatic carbocycles. The van der Waals surface area contributed by atoms with Crippen LogP contribution in [0.2, 0.25) is 0 Å². The molecule has 0 unspecified atom stereocenters. The van der Waals surface area contributed by atoms with E-state index < -0.39 is 0 Å². The second-order valence-electron chi connectivity index (χ2n) is 7.18. The van der Waals surface area contributed by atoms with E-state index in [4.69, 9.17) is 0 Å². The lowest BCUT2D eigenvalue weighted by molar-refractivity contribution is -0.127. The minimum absolute atomic E-state index is 0.0685. The number of hydrogen-bond acceptors (Lipinski definition) is 2. The molecule has 2 aromatic rings. The van der Waals surface area contributed by atoms with Gasteiger partial charge in [-0.25, -0.2) is 0 Å². The van der Waals surface area contributed by atoms with E-state index in [1.54, 1.807) is 0 Å². The fourth-order valence-electron chi connectivity index (χ4n) is 3.58. The van der Waals surface area contributed by atoms with Crippen LogP contribution < -0.4 is 5.32 Å². The van der Waals surface area contributed by atoms with E-state index in [0.29, 0.717) is 0 Å². The first-order chi connectivity index (χ1) is 12.1. The van der Waals surface area contributed by atoms with Crippen LogP contribution in [-0.2, 0) is 11.3 Å². The largest absolute Gasteiger partial charge is 0.349 e. The van der Waals surface area contributed by atoms with Gasteiger partial charge in [-0.15, -0.1) is 0 Å². The van der Waals surface area contributed by atoms with Gasteiger partial charge < -0.3 is 5.32 Å². The quantitative estimate of drug-likeness (QED) is 0.892. The number of likely N-dealkylation sites (tertiary alicyclic amines) is 1. The summed E-state index contributed by atoms with van der Waals surface area (Å²) < 4.78 is 0. The van der Waals surface area contributed by atoms with Crippen molar-refractivity contribution in [2.45, 2.75) is 39.3 Å². The van der Waals surface area contributed by atoms with Crippen molar-refractivity contribution in [2.75, 3.05) is 13.1 Å². The van der Waals surface area contributed by atoms with E-state index in [2.05, 4.69) is 60.5 Å². The fourth-order valence-corrected chi connectivity index (χ4v) is 3.58. The first-order valence-corrected chi connectivity index (χ1v) is 9.25. The Morgan fingerprint density at radius 3 is 2.52 bits per heavy atom. The second-order valence-corrected chi connectivity index (χ2v) is 7.18. The third kappa shape index (κ3) is 4.93. The molecular formula is C22H28N2O. The van der Waals surface area contributed by atoms with E-state index in [9.17, 15) is 4.79 Å². The van der Waals surface area contributed by atoms with Gasteiger partial charge in [0.05, 0.1) is 6.04 Å². The number of hydrogen-bond donors (Lipinski definition) is 1. The average Bonchev–Trinajstić information content (AvgIpc) is 2.63. The lowest BCUT2D eigenvalue weighted by Crippen LogP contribution is -2.40. The third-order valence-corrected chi connectivity index (χ3v) is 5.11. The second kappa shape index (κ2) is 8.30. The summed E-state index contributed by atoms with van der Waals surface area (Å²) in [6, 6.07) is 18.9. The Morgan fingerprint density at radius 1 is 1.12 bits per heavy atom. The lowest BCUT2D eigenvalue weighted by Gasteiger charge is -2.32. The van der Waals surface area contributed by atoms with Gasteiger partial charge in [0.2, 0.25) is 5.91 Å². The summed E-state index contributed by atoms with van der Waals surface area (Å²) in [5, 5.41) is 3.18. The smallest absolute Gasteiger partial charge is 0.223 e. The zero-order valence-electron chi connectivity index (χ0n) is 15.2. The molecule has 1 saturated heterocycles. The highest BCUT2D eigenvalue weighted by atomic mass is 16.1. The van der Waals surface area contributed by atoms with Crippen LogP contribution in [0.25, 0.3) is 0 Å². The van der Waals surface area contributed by atoms with Gasteiger partial charge in [0.25, 0.3) is 0 Å². The van der Waals surface area contributed by atoms with Crippen molar-refractivity contribution in [3.05, 3.63) is 71.3 Å². The zero-order valence-corrected chi connectivity index (χ0v) is 15.2. The molecule has 1 atom stereocenters. The van der Waals surface area contributed by atoms with Crippen LogP contribution in [0.5, 0.6) is 0 Å². The number of nitrogens with one attached hydrogen (secondary N) is 1. The van der Waals surface area contributed by atoms with Crippen molar-refractivity contribution < 1.29 is 4.79 Å². The molecule has 0 aromatic heterocycles. The summed E-state index contributed by atoms with van der Waals surface area (Å²) in [5.41, 5.74) is 3.83. The van der Waals surface area contributed by atoms with Gasteiger partial charge in [-0.2, -0.15) is 0 Å². The van der Waals surface area contributed by atoms with E-state index in [1.165, 1.54) is 11.1 Å². The van der Waals surface area contributed by atoms with Gasteiger partial charge in [0.15, 0.2) is 0 Å². The number of carbonyl (C=O) groups is 1. The summed E-state index contributed by atoms with van der Waals surface area (Å²) in [4.78, 5) is 15.0. The molecule has 1 amide bonds. The maximum atomic E-state index is 12.6. The minimum atomic E-state index is 0.0685. The molecule has 1 fully saturated rings. The first kappa shape index (κ1) is 17.7. The number of benzene rings is 2. The molecule has 2 aromatic carbocycles. The molecule has 1 N–H and O–H groups in total. The molecule has 3 heteroatoms. The Morgan fingerprint density at radius 2 is 1.84 bits per heavy atom. The summed E-state index contributed by atoms with van der Waals surface area (Å²) in [7, 11) is 0. The highest BCUT2D eigenvalue weighted by Gasteiger charge is 2.25. The monoisotopic (exact) mass is 336 g/mol. The summed E-state index contributed by atoms with van der Waals surface area (Å²) in [5.74, 6) is 0.339. The number of rotatable bonds is 5. The van der Waals surface area contributed by atoms with Crippen molar-refractivity contribution in [1.82, 2.24) is 10.2 Å². The highest BCUT2D eigenvalue weighted by Crippen LogP contribution is 2.21. The summed E-state index contributed by atoms with van der Waals surface area (Å²) in [6.45, 7) is 7.15. The molecule has 1 aliphatic rings. The van der Waals surface area contributed by atoms with E-state index in [1.807, 2.05) is 18.2 Å². The molecule has 3 nitrogen and oxygen atoms in total. The van der Waals surface area contributed by atoms with Gasteiger partial charge in [0.1, 0.15) is 0 Å². The van der Waals surface area contributed by atoms with Crippen LogP contribution >= 0.6 is 0 Å². The molecule has 0 bridgehead atoms. The Hall–Kier alpha value is -2.13. The van der Waals surface area contributed by atoms with Crippen LogP contribution in [0.3, 0.4) is 0 Å². The zero-order chi connectivity index (χ0) is 17.6. The van der Waals surface area contributed by atoms with Crippen LogP contribution in [0.1, 0.15) is 42.5 Å². The Bertz CT molecular complexity index is 690. The van der Waals surface area contributed by atoms with E-state index in [-0.39, 0.29) is 17.9 Å². The molecule has 132 valence electrons. The predicted octanol–water partition coefficient (Wildman–Crippen LogP) is 4.08. The van der Waals surface area contributed by atoms with E-state index >= 15 is 0 Å². The molecule has 1 heterocycles. The lowest BCUT2D eigenvalue weighted by atomic mass is 9.94. The molecule has 0 saturated carbocycles. The van der Waals surface area contributed by atoms with Crippen LogP contribution in [0, 0.1) is 12.8 Å². The molecule has 1 aliphatic heterocycles. The maximum Gasteiger partial charge on any atom is 0.223 e. The predicted molar refractivity (Wildman–Crippen MR) is 102 cm³/mol. The van der Waals surface area contributed by atoms with Gasteiger partial charge in [-0.1, -0.05) is 60.2 Å². The SMILES string of the molecule is Cc1cccc(CN2CCC(C(=O)N[C@H](C)c3ccccc3)CC2)c1. The maximum absolute atomic E-state index is 12.6. The Labute approximate surface area is 151 Å². The standard InChI is InChI=1S/C22H28N2O/c1-17-7-6-8-19(15-17)16-24-13-11-21(12-14-24)22(25)23-18(2)20-9-4-3-5-10-20/h3-10,15,18,21H,11-14,16H2,1-2H3,(H,23,25)/t18-/m1/s1. The van der Waals surface area contributed by atoms with Crippen LogP contribution in [0.15, 0.2) is 54.6 Å². The number of carbonyl (C=O) groups excluding carboxylic acids is 1. The fraction of sp³-hybridized carbons (Fsp3) is 0.409. The Kier molecular flexibility index (Phi) is 5.87. The van der Waals surface area contributed by atoms with Crippen LogP contribution in [-0.4, -0.2) is 23.9 Å². The molecule has 25 heavy (non-hydrogen) atoms.